The van der Waals surface area contributed by atoms with Crippen LogP contribution in [0.4, 0.5) is 5.69 Å². The van der Waals surface area contributed by atoms with Gasteiger partial charge in [0.15, 0.2) is 0 Å². The fraction of sp³-hybridized carbons (Fsp3) is 0.533. The highest BCUT2D eigenvalue weighted by molar-refractivity contribution is 9.10. The molecule has 0 atom stereocenters. The molecule has 1 aromatic rings. The summed E-state index contributed by atoms with van der Waals surface area (Å²) in [7, 11) is 0. The van der Waals surface area contributed by atoms with Gasteiger partial charge < -0.3 is 4.90 Å². The third-order valence-electron chi connectivity index (χ3n) is 4.03. The van der Waals surface area contributed by atoms with E-state index in [-0.39, 0.29) is 0 Å². The van der Waals surface area contributed by atoms with Crippen molar-refractivity contribution in [3.63, 3.8) is 0 Å². The molecule has 19 heavy (non-hydrogen) atoms. The summed E-state index contributed by atoms with van der Waals surface area (Å²) < 4.78 is 0.896. The summed E-state index contributed by atoms with van der Waals surface area (Å²) >= 11 is 3.47. The van der Waals surface area contributed by atoms with E-state index in [2.05, 4.69) is 37.9 Å². The Morgan fingerprint density at radius 1 is 1.21 bits per heavy atom. The minimum absolute atomic E-state index is 0.762. The van der Waals surface area contributed by atoms with Gasteiger partial charge in [-0.25, -0.2) is 0 Å². The second-order valence-corrected chi connectivity index (χ2v) is 6.33. The van der Waals surface area contributed by atoms with Gasteiger partial charge in [0.1, 0.15) is 6.07 Å². The predicted octanol–water partition coefficient (Wildman–Crippen LogP) is 2.85. The topological polar surface area (TPSA) is 30.3 Å². The largest absolute Gasteiger partial charge is 0.368 e. The molecule has 1 saturated heterocycles. The molecule has 3 nitrogen and oxygen atoms in total. The van der Waals surface area contributed by atoms with Crippen molar-refractivity contribution in [3.8, 4) is 6.07 Å². The Balaban J connectivity index is 1.67. The van der Waals surface area contributed by atoms with Gasteiger partial charge in [-0.2, -0.15) is 5.26 Å². The van der Waals surface area contributed by atoms with Gasteiger partial charge in [-0.15, -0.1) is 0 Å². The highest BCUT2D eigenvalue weighted by Gasteiger charge is 2.27. The number of anilines is 1. The molecule has 0 N–H and O–H groups in total. The average Bonchev–Trinajstić information content (AvgIpc) is 3.23. The lowest BCUT2D eigenvalue weighted by molar-refractivity contribution is 0.248. The Kier molecular flexibility index (Phi) is 3.76. The molecule has 1 aromatic carbocycles. The normalized spacial score (nSPS) is 20.3. The molecule has 100 valence electrons. The Hall–Kier alpha value is -1.05. The Bertz CT molecular complexity index is 497. The van der Waals surface area contributed by atoms with Crippen LogP contribution >= 0.6 is 15.9 Å². The second-order valence-electron chi connectivity index (χ2n) is 5.48. The van der Waals surface area contributed by atoms with E-state index in [9.17, 15) is 5.26 Å². The molecule has 2 aliphatic rings. The smallest absolute Gasteiger partial charge is 0.103 e. The summed E-state index contributed by atoms with van der Waals surface area (Å²) in [5.41, 5.74) is 1.83. The van der Waals surface area contributed by atoms with Crippen molar-refractivity contribution in [3.05, 3.63) is 28.2 Å². The lowest BCUT2D eigenvalue weighted by Gasteiger charge is -2.36. The monoisotopic (exact) mass is 319 g/mol. The number of nitriles is 1. The van der Waals surface area contributed by atoms with Gasteiger partial charge >= 0.3 is 0 Å². The van der Waals surface area contributed by atoms with Crippen LogP contribution in [0.15, 0.2) is 22.7 Å². The summed E-state index contributed by atoms with van der Waals surface area (Å²) in [5.74, 6) is 0.965. The molecule has 4 heteroatoms. The van der Waals surface area contributed by atoms with Gasteiger partial charge in [0.25, 0.3) is 0 Å². The van der Waals surface area contributed by atoms with Crippen LogP contribution in [-0.2, 0) is 0 Å². The molecule has 0 unspecified atom stereocenters. The van der Waals surface area contributed by atoms with E-state index in [1.807, 2.05) is 12.1 Å². The van der Waals surface area contributed by atoms with Gasteiger partial charge in [0.2, 0.25) is 0 Å². The number of hydrogen-bond donors (Lipinski definition) is 0. The third-order valence-corrected chi connectivity index (χ3v) is 4.69. The summed E-state index contributed by atoms with van der Waals surface area (Å²) in [6.07, 6.45) is 2.84. The van der Waals surface area contributed by atoms with Crippen LogP contribution < -0.4 is 4.90 Å². The van der Waals surface area contributed by atoms with Crippen molar-refractivity contribution in [2.45, 2.75) is 12.8 Å². The molecule has 1 heterocycles. The molecule has 2 fully saturated rings. The van der Waals surface area contributed by atoms with Crippen molar-refractivity contribution in [2.24, 2.45) is 5.92 Å². The van der Waals surface area contributed by atoms with E-state index in [0.717, 1.165) is 47.8 Å². The number of nitrogens with zero attached hydrogens (tertiary/aromatic N) is 3. The van der Waals surface area contributed by atoms with Crippen molar-refractivity contribution in [1.82, 2.24) is 4.90 Å². The molecule has 0 aromatic heterocycles. The quantitative estimate of drug-likeness (QED) is 0.858. The first-order valence-electron chi connectivity index (χ1n) is 6.94. The van der Waals surface area contributed by atoms with Crippen LogP contribution in [0.2, 0.25) is 0 Å². The maximum Gasteiger partial charge on any atom is 0.103 e. The minimum atomic E-state index is 0.762. The standard InChI is InChI=1S/C15H18BrN3/c16-14-2-1-3-15(13(14)10-17)19-8-6-18(7-9-19)11-12-4-5-12/h1-3,12H,4-9,11H2. The van der Waals surface area contributed by atoms with Crippen LogP contribution in [0.5, 0.6) is 0 Å². The Labute approximate surface area is 122 Å². The zero-order chi connectivity index (χ0) is 13.2. The van der Waals surface area contributed by atoms with Gasteiger partial charge in [-0.3, -0.25) is 4.90 Å². The lowest BCUT2D eigenvalue weighted by Crippen LogP contribution is -2.47. The molecular weight excluding hydrogens is 302 g/mol. The van der Waals surface area contributed by atoms with Gasteiger partial charge in [-0.1, -0.05) is 6.07 Å². The van der Waals surface area contributed by atoms with Gasteiger partial charge in [0.05, 0.1) is 11.3 Å². The first-order valence-corrected chi connectivity index (χ1v) is 7.73. The predicted molar refractivity (Wildman–Crippen MR) is 80.2 cm³/mol. The van der Waals surface area contributed by atoms with Crippen LogP contribution in [0.3, 0.4) is 0 Å². The summed E-state index contributed by atoms with van der Waals surface area (Å²) in [5, 5.41) is 9.29. The average molecular weight is 320 g/mol. The highest BCUT2D eigenvalue weighted by atomic mass is 79.9. The number of piperazine rings is 1. The third kappa shape index (κ3) is 2.93. The lowest BCUT2D eigenvalue weighted by atomic mass is 10.1. The molecule has 1 aliphatic heterocycles. The second kappa shape index (κ2) is 5.52. The molecule has 1 saturated carbocycles. The Morgan fingerprint density at radius 3 is 2.58 bits per heavy atom. The molecular formula is C15H18BrN3. The zero-order valence-corrected chi connectivity index (χ0v) is 12.6. The summed E-state index contributed by atoms with van der Waals surface area (Å²) in [6, 6.07) is 8.31. The van der Waals surface area contributed by atoms with Crippen LogP contribution in [-0.4, -0.2) is 37.6 Å². The van der Waals surface area contributed by atoms with Gasteiger partial charge in [0, 0.05) is 37.2 Å². The molecule has 0 amide bonds. The fourth-order valence-corrected chi connectivity index (χ4v) is 3.17. The zero-order valence-electron chi connectivity index (χ0n) is 11.0. The first kappa shape index (κ1) is 13.0. The van der Waals surface area contributed by atoms with Crippen LogP contribution in [0.1, 0.15) is 18.4 Å². The minimum Gasteiger partial charge on any atom is -0.368 e. The fourth-order valence-electron chi connectivity index (χ4n) is 2.72. The SMILES string of the molecule is N#Cc1c(Br)cccc1N1CCN(CC2CC2)CC1. The summed E-state index contributed by atoms with van der Waals surface area (Å²) in [4.78, 5) is 4.91. The maximum absolute atomic E-state index is 9.29. The van der Waals surface area contributed by atoms with E-state index in [4.69, 9.17) is 0 Å². The first-order chi connectivity index (χ1) is 9.28. The van der Waals surface area contributed by atoms with Crippen LogP contribution in [0, 0.1) is 17.2 Å². The van der Waals surface area contributed by atoms with Crippen molar-refractivity contribution < 1.29 is 0 Å². The van der Waals surface area contributed by atoms with Crippen molar-refractivity contribution in [1.29, 1.82) is 5.26 Å². The molecule has 1 aliphatic carbocycles. The van der Waals surface area contributed by atoms with E-state index in [0.29, 0.717) is 0 Å². The summed E-state index contributed by atoms with van der Waals surface area (Å²) in [6.45, 7) is 5.56. The number of rotatable bonds is 3. The Morgan fingerprint density at radius 2 is 1.95 bits per heavy atom. The molecule has 0 spiro atoms. The van der Waals surface area contributed by atoms with E-state index >= 15 is 0 Å². The molecule has 0 bridgehead atoms. The number of hydrogen-bond acceptors (Lipinski definition) is 3. The van der Waals surface area contributed by atoms with Crippen molar-refractivity contribution >= 4 is 21.6 Å². The van der Waals surface area contributed by atoms with Gasteiger partial charge in [-0.05, 0) is 46.8 Å². The van der Waals surface area contributed by atoms with Crippen LogP contribution in [0.25, 0.3) is 0 Å². The number of halogens is 1. The molecule has 3 rings (SSSR count). The highest BCUT2D eigenvalue weighted by Crippen LogP contribution is 2.31. The van der Waals surface area contributed by atoms with E-state index < -0.39 is 0 Å². The maximum atomic E-state index is 9.29. The number of benzene rings is 1. The van der Waals surface area contributed by atoms with Crippen molar-refractivity contribution in [2.75, 3.05) is 37.6 Å². The van der Waals surface area contributed by atoms with E-state index in [1.54, 1.807) is 0 Å². The molecule has 0 radical (unpaired) electrons. The van der Waals surface area contributed by atoms with E-state index in [1.165, 1.54) is 19.4 Å².